The minimum atomic E-state index is -0.552. The topological polar surface area (TPSA) is 84.9 Å². The molecule has 7 nitrogen and oxygen atoms in total. The second-order valence-corrected chi connectivity index (χ2v) is 7.25. The molecule has 134 valence electrons. The zero-order valence-electron chi connectivity index (χ0n) is 14.6. The molecule has 2 aliphatic rings. The van der Waals surface area contributed by atoms with Crippen LogP contribution in [0.5, 0.6) is 0 Å². The average molecular weight is 346 g/mol. The Morgan fingerprint density at radius 2 is 2.08 bits per heavy atom. The number of hydrogen-bond acceptors (Lipinski definition) is 5. The Labute approximate surface area is 146 Å². The molecule has 3 rings (SSSR count). The van der Waals surface area contributed by atoms with Gasteiger partial charge in [0, 0.05) is 13.0 Å². The molecule has 0 unspecified atom stereocenters. The number of rotatable bonds is 2. The van der Waals surface area contributed by atoms with Gasteiger partial charge in [-0.05, 0) is 32.4 Å². The van der Waals surface area contributed by atoms with E-state index >= 15 is 0 Å². The van der Waals surface area contributed by atoms with Crippen molar-refractivity contribution in [1.82, 2.24) is 10.2 Å². The molecule has 0 aliphatic carbocycles. The van der Waals surface area contributed by atoms with Gasteiger partial charge in [0.1, 0.15) is 5.60 Å². The summed E-state index contributed by atoms with van der Waals surface area (Å²) in [5, 5.41) is 2.31. The standard InChI is InChI=1S/C18H22N2O5/c1-18(2,3)25-17(23)20-7-8-24-12(10-20)9-11-5-4-6-13-14(11)16(22)19-15(13)21/h4-6,12H,7-10H2,1-3H3,(H,19,21,22)/t12-/m1/s1. The Morgan fingerprint density at radius 3 is 2.80 bits per heavy atom. The number of imide groups is 1. The maximum Gasteiger partial charge on any atom is 0.410 e. The molecule has 0 radical (unpaired) electrons. The van der Waals surface area contributed by atoms with E-state index in [9.17, 15) is 14.4 Å². The summed E-state index contributed by atoms with van der Waals surface area (Å²) in [6.45, 7) is 6.73. The van der Waals surface area contributed by atoms with Crippen LogP contribution in [0, 0.1) is 0 Å². The summed E-state index contributed by atoms with van der Waals surface area (Å²) in [4.78, 5) is 37.6. The molecule has 0 bridgehead atoms. The van der Waals surface area contributed by atoms with Crippen molar-refractivity contribution >= 4 is 17.9 Å². The first-order valence-corrected chi connectivity index (χ1v) is 8.32. The third-order valence-corrected chi connectivity index (χ3v) is 4.09. The molecule has 2 aliphatic heterocycles. The zero-order valence-corrected chi connectivity index (χ0v) is 14.6. The summed E-state index contributed by atoms with van der Waals surface area (Å²) in [5.74, 6) is -0.753. The largest absolute Gasteiger partial charge is 0.444 e. The molecule has 1 fully saturated rings. The summed E-state index contributed by atoms with van der Waals surface area (Å²) >= 11 is 0. The molecule has 2 heterocycles. The first-order chi connectivity index (χ1) is 11.7. The number of hydrogen-bond donors (Lipinski definition) is 1. The lowest BCUT2D eigenvalue weighted by Gasteiger charge is -2.34. The van der Waals surface area contributed by atoms with E-state index in [0.717, 1.165) is 5.56 Å². The Hall–Kier alpha value is -2.41. The van der Waals surface area contributed by atoms with E-state index < -0.39 is 5.60 Å². The number of nitrogens with zero attached hydrogens (tertiary/aromatic N) is 1. The van der Waals surface area contributed by atoms with E-state index in [1.165, 1.54) is 0 Å². The summed E-state index contributed by atoms with van der Waals surface area (Å²) in [7, 11) is 0. The third-order valence-electron chi connectivity index (χ3n) is 4.09. The van der Waals surface area contributed by atoms with Gasteiger partial charge >= 0.3 is 6.09 Å². The van der Waals surface area contributed by atoms with Crippen molar-refractivity contribution in [1.29, 1.82) is 0 Å². The van der Waals surface area contributed by atoms with Gasteiger partial charge in [0.25, 0.3) is 11.8 Å². The van der Waals surface area contributed by atoms with Gasteiger partial charge in [-0.25, -0.2) is 4.79 Å². The molecule has 1 aromatic rings. The van der Waals surface area contributed by atoms with Gasteiger partial charge in [0.2, 0.25) is 0 Å². The minimum Gasteiger partial charge on any atom is -0.444 e. The van der Waals surface area contributed by atoms with Crippen LogP contribution in [0.4, 0.5) is 4.79 Å². The highest BCUT2D eigenvalue weighted by Gasteiger charge is 2.32. The number of fused-ring (bicyclic) bond motifs is 1. The number of ether oxygens (including phenoxy) is 2. The van der Waals surface area contributed by atoms with E-state index in [1.54, 1.807) is 17.0 Å². The highest BCUT2D eigenvalue weighted by Crippen LogP contribution is 2.23. The smallest absolute Gasteiger partial charge is 0.410 e. The van der Waals surface area contributed by atoms with Gasteiger partial charge < -0.3 is 14.4 Å². The molecule has 3 amide bonds. The van der Waals surface area contributed by atoms with E-state index in [4.69, 9.17) is 9.47 Å². The lowest BCUT2D eigenvalue weighted by atomic mass is 9.97. The van der Waals surface area contributed by atoms with Crippen LogP contribution in [0.15, 0.2) is 18.2 Å². The van der Waals surface area contributed by atoms with Crippen molar-refractivity contribution in [3.8, 4) is 0 Å². The fourth-order valence-corrected chi connectivity index (χ4v) is 3.04. The SMILES string of the molecule is CC(C)(C)OC(=O)N1CCO[C@H](Cc2cccc3c2C(=O)NC3=O)C1. The van der Waals surface area contributed by atoms with Crippen LogP contribution in [-0.4, -0.2) is 54.2 Å². The fraction of sp³-hybridized carbons (Fsp3) is 0.500. The third kappa shape index (κ3) is 3.82. The molecule has 0 aromatic heterocycles. The summed E-state index contributed by atoms with van der Waals surface area (Å²) in [6.07, 6.45) is -0.174. The molecule has 0 spiro atoms. The highest BCUT2D eigenvalue weighted by atomic mass is 16.6. The molecular weight excluding hydrogens is 324 g/mol. The van der Waals surface area contributed by atoms with Gasteiger partial charge in [-0.2, -0.15) is 0 Å². The van der Waals surface area contributed by atoms with Crippen molar-refractivity contribution in [3.05, 3.63) is 34.9 Å². The van der Waals surface area contributed by atoms with Crippen LogP contribution in [0.25, 0.3) is 0 Å². The van der Waals surface area contributed by atoms with Crippen LogP contribution in [0.2, 0.25) is 0 Å². The molecule has 1 atom stereocenters. The number of morpholine rings is 1. The predicted octanol–water partition coefficient (Wildman–Crippen LogP) is 1.75. The number of amides is 3. The van der Waals surface area contributed by atoms with Crippen molar-refractivity contribution < 1.29 is 23.9 Å². The quantitative estimate of drug-likeness (QED) is 0.825. The van der Waals surface area contributed by atoms with Crippen LogP contribution >= 0.6 is 0 Å². The molecule has 0 saturated carbocycles. The van der Waals surface area contributed by atoms with E-state index in [0.29, 0.717) is 37.2 Å². The van der Waals surface area contributed by atoms with Gasteiger partial charge in [-0.15, -0.1) is 0 Å². The fourth-order valence-electron chi connectivity index (χ4n) is 3.04. The van der Waals surface area contributed by atoms with E-state index in [2.05, 4.69) is 5.32 Å². The average Bonchev–Trinajstić information content (AvgIpc) is 2.82. The van der Waals surface area contributed by atoms with Crippen molar-refractivity contribution in [2.75, 3.05) is 19.7 Å². The van der Waals surface area contributed by atoms with Gasteiger partial charge in [-0.3, -0.25) is 14.9 Å². The second kappa shape index (κ2) is 6.48. The Balaban J connectivity index is 1.71. The summed E-state index contributed by atoms with van der Waals surface area (Å²) < 4.78 is 11.2. The van der Waals surface area contributed by atoms with Gasteiger partial charge in [0.05, 0.1) is 30.4 Å². The molecule has 25 heavy (non-hydrogen) atoms. The van der Waals surface area contributed by atoms with Crippen LogP contribution in [-0.2, 0) is 15.9 Å². The normalized spacial score (nSPS) is 20.3. The van der Waals surface area contributed by atoms with Gasteiger partial charge in [0.15, 0.2) is 0 Å². The zero-order chi connectivity index (χ0) is 18.2. The first kappa shape index (κ1) is 17.4. The molecular formula is C18H22N2O5. The minimum absolute atomic E-state index is 0.253. The molecule has 7 heteroatoms. The summed E-state index contributed by atoms with van der Waals surface area (Å²) in [5.41, 5.74) is 0.994. The van der Waals surface area contributed by atoms with E-state index in [-0.39, 0.29) is 24.0 Å². The van der Waals surface area contributed by atoms with E-state index in [1.807, 2.05) is 26.8 Å². The second-order valence-electron chi connectivity index (χ2n) is 7.25. The molecule has 1 saturated heterocycles. The predicted molar refractivity (Wildman–Crippen MR) is 89.5 cm³/mol. The van der Waals surface area contributed by atoms with Crippen molar-refractivity contribution in [2.45, 2.75) is 38.9 Å². The Morgan fingerprint density at radius 1 is 1.32 bits per heavy atom. The van der Waals surface area contributed by atoms with Crippen molar-refractivity contribution in [3.63, 3.8) is 0 Å². The summed E-state index contributed by atoms with van der Waals surface area (Å²) in [6, 6.07) is 5.20. The molecule has 1 N–H and O–H groups in total. The number of benzene rings is 1. The highest BCUT2D eigenvalue weighted by molar-refractivity contribution is 6.22. The number of carbonyl (C=O) groups excluding carboxylic acids is 3. The van der Waals surface area contributed by atoms with Crippen LogP contribution < -0.4 is 5.32 Å². The maximum atomic E-state index is 12.2. The Bertz CT molecular complexity index is 723. The van der Waals surface area contributed by atoms with Crippen LogP contribution in [0.3, 0.4) is 0 Å². The molecule has 1 aromatic carbocycles. The lowest BCUT2D eigenvalue weighted by molar-refractivity contribution is -0.0415. The first-order valence-electron chi connectivity index (χ1n) is 8.32. The van der Waals surface area contributed by atoms with Gasteiger partial charge in [-0.1, -0.05) is 12.1 Å². The maximum absolute atomic E-state index is 12.2. The number of nitrogens with one attached hydrogen (secondary N) is 1. The van der Waals surface area contributed by atoms with Crippen LogP contribution in [0.1, 0.15) is 47.1 Å². The lowest BCUT2D eigenvalue weighted by Crippen LogP contribution is -2.48. The number of carbonyl (C=O) groups is 3. The Kier molecular flexibility index (Phi) is 4.51. The monoisotopic (exact) mass is 346 g/mol. The van der Waals surface area contributed by atoms with Crippen molar-refractivity contribution in [2.24, 2.45) is 0 Å².